The molecule has 0 saturated carbocycles. The van der Waals surface area contributed by atoms with Crippen molar-refractivity contribution in [3.8, 4) is 11.8 Å². The van der Waals surface area contributed by atoms with Crippen LogP contribution in [0.5, 0.6) is 5.75 Å². The lowest BCUT2D eigenvalue weighted by Gasteiger charge is -2.39. The Balaban J connectivity index is 2.63. The van der Waals surface area contributed by atoms with E-state index in [0.717, 1.165) is 12.8 Å². The van der Waals surface area contributed by atoms with E-state index < -0.39 is 84.7 Å². The van der Waals surface area contributed by atoms with Gasteiger partial charge in [0.05, 0.1) is 56.3 Å². The van der Waals surface area contributed by atoms with E-state index in [9.17, 15) is 76.3 Å². The molecule has 16 nitrogen and oxygen atoms in total. The van der Waals surface area contributed by atoms with Crippen molar-refractivity contribution in [3.05, 3.63) is 29.8 Å². The number of hydrogen-bond acceptors (Lipinski definition) is 16. The summed E-state index contributed by atoms with van der Waals surface area (Å²) in [6.07, 6.45) is -8.87. The van der Waals surface area contributed by atoms with E-state index in [1.165, 1.54) is 31.2 Å². The number of hydrogen-bond donors (Lipinski definition) is 1. The maximum Gasteiger partial charge on any atom is 0.513 e. The first-order valence-electron chi connectivity index (χ1n) is 25.0. The fourth-order valence-electron chi connectivity index (χ4n) is 6.44. The fraction of sp³-hybridized carbons (Fsp3) is 0.776. The molecule has 0 aromatic heterocycles. The lowest BCUT2D eigenvalue weighted by Crippen LogP contribution is -2.70. The van der Waals surface area contributed by atoms with E-state index in [4.69, 9.17) is 53.0 Å². The summed E-state index contributed by atoms with van der Waals surface area (Å²) >= 11 is 0. The van der Waals surface area contributed by atoms with Crippen LogP contribution < -0.4 is 4.74 Å². The summed E-state index contributed by atoms with van der Waals surface area (Å²) in [5.41, 5.74) is 0.316. The molecule has 0 amide bonds. The van der Waals surface area contributed by atoms with Gasteiger partial charge in [0.15, 0.2) is 0 Å². The van der Waals surface area contributed by atoms with E-state index in [2.05, 4.69) is 4.74 Å². The van der Waals surface area contributed by atoms with Crippen LogP contribution in [0.1, 0.15) is 102 Å². The molecule has 0 fully saturated rings. The molecule has 2 atom stereocenters. The second kappa shape index (κ2) is 37.2. The number of nitrogens with zero attached hydrogens (tertiary/aromatic N) is 1. The zero-order valence-electron chi connectivity index (χ0n) is 43.0. The monoisotopic (exact) mass is 1160 g/mol. The maximum absolute atomic E-state index is 14.3. The summed E-state index contributed by atoms with van der Waals surface area (Å²) in [7, 11) is 0. The van der Waals surface area contributed by atoms with Crippen LogP contribution in [0.4, 0.5) is 61.9 Å². The lowest BCUT2D eigenvalue weighted by molar-refractivity contribution is -0.440. The molecule has 1 aromatic carbocycles. The number of ether oxygens (including phenoxy) is 10. The molecule has 0 aliphatic carbocycles. The third kappa shape index (κ3) is 25.6. The highest BCUT2D eigenvalue weighted by Crippen LogP contribution is 2.60. The Kier molecular flexibility index (Phi) is 34.0. The molecule has 0 aliphatic heterocycles. The summed E-state index contributed by atoms with van der Waals surface area (Å²) in [6.45, 7) is 3.82. The van der Waals surface area contributed by atoms with E-state index in [-0.39, 0.29) is 83.7 Å². The fourth-order valence-corrected chi connectivity index (χ4v) is 6.44. The van der Waals surface area contributed by atoms with Crippen LogP contribution in [0.15, 0.2) is 24.3 Å². The van der Waals surface area contributed by atoms with Crippen LogP contribution in [0.2, 0.25) is 0 Å². The zero-order chi connectivity index (χ0) is 58.7. The molecule has 0 aliphatic rings. The average molecular weight is 1160 g/mol. The van der Waals surface area contributed by atoms with Crippen LogP contribution in [0.25, 0.3) is 0 Å². The van der Waals surface area contributed by atoms with Gasteiger partial charge < -0.3 is 52.5 Å². The van der Waals surface area contributed by atoms with Crippen molar-refractivity contribution in [2.24, 2.45) is 11.8 Å². The van der Waals surface area contributed by atoms with Crippen molar-refractivity contribution in [1.29, 1.82) is 5.26 Å². The van der Waals surface area contributed by atoms with Gasteiger partial charge in [-0.2, -0.15) is 62.3 Å². The summed E-state index contributed by atoms with van der Waals surface area (Å²) in [5, 5.41) is 17.6. The lowest BCUT2D eigenvalue weighted by atomic mass is 9.91. The number of aliphatic hydroxyl groups is 1. The summed E-state index contributed by atoms with van der Waals surface area (Å²) in [5.74, 6) is -43.5. The molecule has 1 rings (SSSR count). The number of unbranched alkanes of at least 4 members (excludes halogenated alkanes) is 1. The van der Waals surface area contributed by atoms with Crippen LogP contribution in [-0.4, -0.2) is 164 Å². The molecule has 78 heavy (non-hydrogen) atoms. The number of rotatable bonds is 45. The molecule has 450 valence electrons. The summed E-state index contributed by atoms with van der Waals surface area (Å²) in [6, 6.07) is 7.42. The van der Waals surface area contributed by atoms with Crippen LogP contribution in [0, 0.1) is 23.2 Å². The number of esters is 3. The Labute approximate surface area is 442 Å². The molecule has 0 heterocycles. The minimum absolute atomic E-state index is 0.0738. The number of carbonyl (C=O) groups excluding carboxylic acids is 4. The van der Waals surface area contributed by atoms with Crippen molar-refractivity contribution in [2.45, 2.75) is 133 Å². The van der Waals surface area contributed by atoms with Gasteiger partial charge in [0, 0.05) is 85.5 Å². The molecule has 0 bridgehead atoms. The van der Waals surface area contributed by atoms with Gasteiger partial charge in [-0.05, 0) is 94.9 Å². The Morgan fingerprint density at radius 2 is 0.910 bits per heavy atom. The van der Waals surface area contributed by atoms with E-state index in [1.807, 2.05) is 6.07 Å². The number of halogens is 13. The summed E-state index contributed by atoms with van der Waals surface area (Å²) in [4.78, 5) is 50.5. The highest BCUT2D eigenvalue weighted by Gasteiger charge is 2.90. The van der Waals surface area contributed by atoms with Gasteiger partial charge in [0.25, 0.3) is 0 Å². The first-order valence-corrected chi connectivity index (χ1v) is 25.0. The first-order chi connectivity index (χ1) is 36.7. The molecular weight excluding hydrogens is 1090 g/mol. The van der Waals surface area contributed by atoms with Gasteiger partial charge in [-0.1, -0.05) is 6.92 Å². The highest BCUT2D eigenvalue weighted by atomic mass is 19.4. The quantitative estimate of drug-likeness (QED) is 0.0212. The van der Waals surface area contributed by atoms with Crippen molar-refractivity contribution >= 4 is 24.1 Å². The van der Waals surface area contributed by atoms with E-state index in [0.29, 0.717) is 90.7 Å². The average Bonchev–Trinajstić information content (AvgIpc) is 3.42. The van der Waals surface area contributed by atoms with Gasteiger partial charge >= 0.3 is 59.9 Å². The smallest absolute Gasteiger partial charge is 0.466 e. The first kappa shape index (κ1) is 71.3. The van der Waals surface area contributed by atoms with Crippen molar-refractivity contribution in [3.63, 3.8) is 0 Å². The molecule has 0 spiro atoms. The molecule has 0 saturated heterocycles. The van der Waals surface area contributed by atoms with Gasteiger partial charge in [0.2, 0.25) is 0 Å². The number of carbonyl (C=O) groups is 4. The molecule has 2 unspecified atom stereocenters. The summed E-state index contributed by atoms with van der Waals surface area (Å²) < 4.78 is 228. The van der Waals surface area contributed by atoms with E-state index in [1.54, 1.807) is 0 Å². The Bertz CT molecular complexity index is 1890. The predicted octanol–water partition coefficient (Wildman–Crippen LogP) is 10.2. The Hall–Kier alpha value is -4.76. The van der Waals surface area contributed by atoms with Gasteiger partial charge in [-0.25, -0.2) is 4.79 Å². The molecular formula is C49H68F13NO15. The standard InChI is InChI=1S/C49H68F13NO15/c1-2-37(41(66)76-34-19-44(50,51)45(52,53)46(54,55)47(56,57)48(58,59)49(60,61)62)13-14-38(42(67)75-31-3-4-32-77-43(68)78-39-16-11-36(35-63)12-17-39)15-18-40(65)74-33-10-30-73-29-9-28-72-27-8-26-71-25-7-24-70-23-6-22-69-21-5-20-64/h11-12,16-17,37-38,64H,2-10,13-15,18-34H2,1H3. The zero-order valence-corrected chi connectivity index (χ0v) is 43.0. The minimum atomic E-state index is -8.08. The second-order valence-electron chi connectivity index (χ2n) is 17.2. The van der Waals surface area contributed by atoms with Crippen LogP contribution in [-0.2, 0) is 57.0 Å². The van der Waals surface area contributed by atoms with Crippen LogP contribution in [0.3, 0.4) is 0 Å². The van der Waals surface area contributed by atoms with E-state index >= 15 is 0 Å². The molecule has 0 radical (unpaired) electrons. The van der Waals surface area contributed by atoms with Crippen molar-refractivity contribution in [1.82, 2.24) is 0 Å². The largest absolute Gasteiger partial charge is 0.513 e. The second-order valence-corrected chi connectivity index (χ2v) is 17.2. The maximum atomic E-state index is 14.3. The third-order valence-electron chi connectivity index (χ3n) is 11.0. The van der Waals surface area contributed by atoms with Gasteiger partial charge in [0.1, 0.15) is 5.75 Å². The van der Waals surface area contributed by atoms with Crippen LogP contribution >= 0.6 is 0 Å². The third-order valence-corrected chi connectivity index (χ3v) is 11.0. The minimum Gasteiger partial charge on any atom is -0.466 e. The number of alkyl halides is 13. The number of aliphatic hydroxyl groups excluding tert-OH is 1. The van der Waals surface area contributed by atoms with Gasteiger partial charge in [-0.3, -0.25) is 14.4 Å². The predicted molar refractivity (Wildman–Crippen MR) is 245 cm³/mol. The topological polar surface area (TPSA) is 205 Å². The van der Waals surface area contributed by atoms with Crippen molar-refractivity contribution in [2.75, 3.05) is 99.1 Å². The molecule has 29 heteroatoms. The number of benzene rings is 1. The highest BCUT2D eigenvalue weighted by molar-refractivity contribution is 5.75. The molecule has 1 aromatic rings. The normalized spacial score (nSPS) is 13.4. The van der Waals surface area contributed by atoms with Gasteiger partial charge in [-0.15, -0.1) is 0 Å². The Morgan fingerprint density at radius 1 is 0.500 bits per heavy atom. The molecule has 1 N–H and O–H groups in total. The Morgan fingerprint density at radius 3 is 1.37 bits per heavy atom. The number of nitriles is 1. The SMILES string of the molecule is CCC(CCC(CCC(=O)OCCCOCCCOCCCOCCCOCCCOCCCO)C(=O)OCCCCOC(=O)Oc1ccc(C#N)cc1)C(=O)OCCC(F)(F)C(F)(F)C(F)(F)C(F)(F)C(F)(F)C(F)(F)F. The van der Waals surface area contributed by atoms with Crippen molar-refractivity contribution < 1.29 is 129 Å².